The van der Waals surface area contributed by atoms with Crippen LogP contribution in [-0.4, -0.2) is 6.15 Å². The second kappa shape index (κ2) is 22.9. The summed E-state index contributed by atoms with van der Waals surface area (Å²) in [5.74, 6) is 0. The zero-order chi connectivity index (χ0) is 62.9. The molecule has 0 aliphatic carbocycles. The molecule has 0 nitrogen and oxygen atoms in total. The molecule has 8 aromatic rings. The second-order valence-electron chi connectivity index (χ2n) is 19.0. The second-order valence-corrected chi connectivity index (χ2v) is 25.0. The molecule has 0 N–H and O–H groups in total. The van der Waals surface area contributed by atoms with Gasteiger partial charge in [0.25, 0.3) is 5.77 Å². The standard InChI is InChI=1S/C32H12BF24.C24H22IS2/c34-25(35,36)13-1-14(26(37,38)39)6-21(5-13)33(22-7-15(27(40,41)42)2-16(8-22)28(43,44)45,23-9-17(29(46,47)48)3-18(10-23)30(49,50)51)24-11-19(31(52,53)54)4-20(12-24)32(55,56)57;1-15-7-5-9-19(17(15)3)21-11-13-26-23(21)25-24-22(12-14-27-24)20-10-6-8-16(2)18(20)4/h1-12H;5-14H,1-4H3/q-1;+1. The van der Waals surface area contributed by atoms with Gasteiger partial charge >= 0.3 is 70.6 Å². The van der Waals surface area contributed by atoms with Crippen LogP contribution in [0.15, 0.2) is 132 Å². The van der Waals surface area contributed by atoms with Gasteiger partial charge < -0.3 is 0 Å². The van der Waals surface area contributed by atoms with E-state index in [1.54, 1.807) is 5.77 Å². The quantitative estimate of drug-likeness (QED) is 0.0808. The summed E-state index contributed by atoms with van der Waals surface area (Å²) in [7, 11) is 0. The van der Waals surface area contributed by atoms with E-state index in [2.05, 4.69) is 87.0 Å². The third-order valence-corrected chi connectivity index (χ3v) is 19.7. The first-order chi connectivity index (χ1) is 38.3. The van der Waals surface area contributed by atoms with Gasteiger partial charge in [0.1, 0.15) is 6.15 Å². The van der Waals surface area contributed by atoms with Crippen LogP contribution in [0.5, 0.6) is 0 Å². The monoisotopic (exact) mass is 1360 g/mol. The number of hydrogen-bond acceptors (Lipinski definition) is 2. The molecule has 0 atom stereocenters. The highest BCUT2D eigenvalue weighted by atomic mass is 127. The van der Waals surface area contributed by atoms with Crippen molar-refractivity contribution < 1.29 is 127 Å². The molecular weight excluding hydrogens is 1330 g/mol. The molecular formula is C56H34BF24IS2. The van der Waals surface area contributed by atoms with Crippen molar-refractivity contribution in [2.45, 2.75) is 77.1 Å². The third kappa shape index (κ3) is 14.1. The van der Waals surface area contributed by atoms with Crippen molar-refractivity contribution in [1.82, 2.24) is 0 Å². The molecule has 0 fully saturated rings. The molecule has 28 heteroatoms. The Morgan fingerprint density at radius 2 is 0.500 bits per heavy atom. The molecule has 2 heterocycles. The average molecular weight is 1360 g/mol. The minimum atomic E-state index is -6.13. The Hall–Kier alpha value is -6.17. The van der Waals surface area contributed by atoms with Crippen molar-refractivity contribution in [3.05, 3.63) is 205 Å². The lowest BCUT2D eigenvalue weighted by Crippen LogP contribution is -3.61. The van der Waals surface area contributed by atoms with Crippen LogP contribution >= 0.6 is 22.7 Å². The van der Waals surface area contributed by atoms with Crippen molar-refractivity contribution in [2.75, 3.05) is 0 Å². The minimum absolute atomic E-state index is 0.199. The summed E-state index contributed by atoms with van der Waals surface area (Å²) in [5, 5.41) is 4.52. The number of thiophene rings is 2. The maximum atomic E-state index is 14.2. The summed E-state index contributed by atoms with van der Waals surface area (Å²) in [6.45, 7) is 8.91. The van der Waals surface area contributed by atoms with Crippen LogP contribution in [0.25, 0.3) is 22.3 Å². The maximum absolute atomic E-state index is 14.2. The van der Waals surface area contributed by atoms with Crippen LogP contribution in [0, 0.1) is 33.5 Å². The Bertz CT molecular complexity index is 3190. The topological polar surface area (TPSA) is 0 Å². The molecule has 6 aromatic carbocycles. The van der Waals surface area contributed by atoms with Crippen molar-refractivity contribution >= 4 is 50.7 Å². The van der Waals surface area contributed by atoms with Crippen molar-refractivity contribution in [3.63, 3.8) is 0 Å². The highest BCUT2D eigenvalue weighted by Crippen LogP contribution is 2.42. The van der Waals surface area contributed by atoms with E-state index in [-0.39, 0.29) is 21.2 Å². The predicted octanol–water partition coefficient (Wildman–Crippen LogP) is 15.7. The van der Waals surface area contributed by atoms with Gasteiger partial charge in [-0.25, -0.2) is 0 Å². The summed E-state index contributed by atoms with van der Waals surface area (Å²) < 4.78 is 344. The summed E-state index contributed by atoms with van der Waals surface area (Å²) in [4.78, 5) is 0. The number of hydrogen-bond donors (Lipinski definition) is 0. The van der Waals surface area contributed by atoms with Crippen LogP contribution < -0.4 is 43.1 Å². The summed E-state index contributed by atoms with van der Waals surface area (Å²) >= 11 is 3.65. The molecule has 0 spiro atoms. The Morgan fingerprint density at radius 3 is 0.702 bits per heavy atom. The normalized spacial score (nSPS) is 13.3. The van der Waals surface area contributed by atoms with Crippen LogP contribution in [0.2, 0.25) is 0 Å². The van der Waals surface area contributed by atoms with Crippen molar-refractivity contribution in [2.24, 2.45) is 0 Å². The summed E-state index contributed by atoms with van der Waals surface area (Å²) in [6, 6.07) is 9.15. The van der Waals surface area contributed by atoms with E-state index in [1.807, 2.05) is 22.7 Å². The molecule has 0 unspecified atom stereocenters. The summed E-state index contributed by atoms with van der Waals surface area (Å²) in [5.41, 5.74) is -19.0. The third-order valence-electron chi connectivity index (χ3n) is 13.6. The molecule has 0 radical (unpaired) electrons. The van der Waals surface area contributed by atoms with E-state index >= 15 is 0 Å². The zero-order valence-electron chi connectivity index (χ0n) is 42.5. The minimum Gasteiger partial charge on any atom is -0.194 e. The molecule has 0 bridgehead atoms. The lowest BCUT2D eigenvalue weighted by atomic mass is 9.12. The van der Waals surface area contributed by atoms with Gasteiger partial charge in [-0.3, -0.25) is 0 Å². The van der Waals surface area contributed by atoms with Crippen molar-refractivity contribution in [1.29, 1.82) is 0 Å². The number of halogens is 25. The molecule has 84 heavy (non-hydrogen) atoms. The van der Waals surface area contributed by atoms with Gasteiger partial charge in [0, 0.05) is 11.1 Å². The maximum Gasteiger partial charge on any atom is 0.416 e. The Kier molecular flexibility index (Phi) is 17.8. The first kappa shape index (κ1) is 65.4. The van der Waals surface area contributed by atoms with Gasteiger partial charge in [-0.15, -0.1) is 0 Å². The van der Waals surface area contributed by atoms with E-state index in [0.717, 1.165) is 0 Å². The van der Waals surface area contributed by atoms with Gasteiger partial charge in [0.2, 0.25) is 0 Å². The van der Waals surface area contributed by atoms with Crippen molar-refractivity contribution in [3.8, 4) is 22.3 Å². The Morgan fingerprint density at radius 1 is 0.286 bits per heavy atom. The molecule has 0 amide bonds. The summed E-state index contributed by atoms with van der Waals surface area (Å²) in [6.07, 6.45) is -54.8. The molecule has 0 saturated carbocycles. The van der Waals surface area contributed by atoms with Gasteiger partial charge in [-0.2, -0.15) is 127 Å². The predicted molar refractivity (Wildman–Crippen MR) is 266 cm³/mol. The van der Waals surface area contributed by atoms with Gasteiger partial charge in [-0.05, 0) is 108 Å². The molecule has 0 saturated heterocycles. The van der Waals surface area contributed by atoms with Crippen LogP contribution in [0.4, 0.5) is 105 Å². The van der Waals surface area contributed by atoms with Crippen LogP contribution in [0.1, 0.15) is 66.8 Å². The van der Waals surface area contributed by atoms with E-state index in [9.17, 15) is 105 Å². The fourth-order valence-corrected chi connectivity index (χ4v) is 15.7. The zero-order valence-corrected chi connectivity index (χ0v) is 46.3. The van der Waals surface area contributed by atoms with Gasteiger partial charge in [0.05, 0.1) is 44.5 Å². The van der Waals surface area contributed by atoms with Crippen LogP contribution in [0.3, 0.4) is 0 Å². The Labute approximate surface area is 479 Å². The molecule has 8 rings (SSSR count). The molecule has 0 aliphatic rings. The van der Waals surface area contributed by atoms with Gasteiger partial charge in [0.15, 0.2) is 0 Å². The molecule has 0 aliphatic heterocycles. The van der Waals surface area contributed by atoms with E-state index < -0.39 is 195 Å². The number of alkyl halides is 24. The number of aryl methyl sites for hydroxylation is 2. The average Bonchev–Trinajstić information content (AvgIpc) is 0.865. The first-order valence-electron chi connectivity index (χ1n) is 23.6. The smallest absolute Gasteiger partial charge is 0.194 e. The highest BCUT2D eigenvalue weighted by Gasteiger charge is 2.47. The molecule has 2 aromatic heterocycles. The number of benzene rings is 6. The Balaban J connectivity index is 0.000000309. The first-order valence-corrected chi connectivity index (χ1v) is 27.5. The lowest BCUT2D eigenvalue weighted by Gasteiger charge is -2.46. The fraction of sp³-hybridized carbons (Fsp3) is 0.214. The van der Waals surface area contributed by atoms with E-state index in [1.165, 1.54) is 44.5 Å². The lowest BCUT2D eigenvalue weighted by molar-refractivity contribution is -0.583. The fourth-order valence-electron chi connectivity index (χ4n) is 9.35. The number of rotatable bonds is 8. The van der Waals surface area contributed by atoms with E-state index in [4.69, 9.17) is 0 Å². The van der Waals surface area contributed by atoms with Crippen LogP contribution in [-0.2, 0) is 49.4 Å². The molecule has 448 valence electrons. The SMILES string of the molecule is Cc1cccc(-c2ccsc2[I+]c2sccc2-c2cccc(C)c2C)c1C.FC(F)(F)c1cc([B-](c2cc(C(F)(F)F)cc(C(F)(F)F)c2)(c2cc(C(F)(F)F)cc(C(F)(F)F)c2)c2cc(C(F)(F)F)cc(C(F)(F)F)c2)cc(C(F)(F)F)c1. The highest BCUT2D eigenvalue weighted by molar-refractivity contribution is 7.20. The largest absolute Gasteiger partial charge is 0.416 e. The van der Waals surface area contributed by atoms with E-state index in [0.29, 0.717) is 0 Å². The van der Waals surface area contributed by atoms with Gasteiger partial charge in [-0.1, -0.05) is 108 Å².